The van der Waals surface area contributed by atoms with E-state index in [1.54, 1.807) is 30.1 Å². The molecule has 0 unspecified atom stereocenters. The van der Waals surface area contributed by atoms with Gasteiger partial charge in [-0.3, -0.25) is 4.98 Å². The number of rotatable bonds is 5. The number of phenolic OH excluding ortho intramolecular Hbond substituents is 1. The Labute approximate surface area is 117 Å². The van der Waals surface area contributed by atoms with E-state index in [4.69, 9.17) is 0 Å². The molecule has 0 radical (unpaired) electrons. The van der Waals surface area contributed by atoms with Crippen LogP contribution in [0.25, 0.3) is 10.9 Å². The summed E-state index contributed by atoms with van der Waals surface area (Å²) in [6, 6.07) is 7.47. The minimum absolute atomic E-state index is 0.217. The first kappa shape index (κ1) is 13.4. The molecule has 0 aliphatic carbocycles. The van der Waals surface area contributed by atoms with Gasteiger partial charge in [-0.25, -0.2) is 0 Å². The monoisotopic (exact) mass is 269 g/mol. The van der Waals surface area contributed by atoms with Crippen molar-refractivity contribution in [1.29, 1.82) is 0 Å². The van der Waals surface area contributed by atoms with Crippen LogP contribution in [0.1, 0.15) is 5.56 Å². The van der Waals surface area contributed by atoms with E-state index in [1.807, 2.05) is 30.4 Å². The Hall–Kier alpha value is -2.00. The summed E-state index contributed by atoms with van der Waals surface area (Å²) in [6.07, 6.45) is 7.21. The maximum atomic E-state index is 9.78. The van der Waals surface area contributed by atoms with Gasteiger partial charge < -0.3 is 5.11 Å². The number of phenols is 1. The Morgan fingerprint density at radius 3 is 3.00 bits per heavy atom. The fourth-order valence-corrected chi connectivity index (χ4v) is 2.50. The summed E-state index contributed by atoms with van der Waals surface area (Å²) in [7, 11) is 0. The third-order valence-electron chi connectivity index (χ3n) is 2.67. The molecule has 1 aromatic heterocycles. The lowest BCUT2D eigenvalue weighted by Crippen LogP contribution is -1.86. The number of hydrogen-bond acceptors (Lipinski definition) is 3. The molecule has 96 valence electrons. The van der Waals surface area contributed by atoms with E-state index >= 15 is 0 Å². The quantitative estimate of drug-likeness (QED) is 0.815. The fourth-order valence-electron chi connectivity index (χ4n) is 1.74. The van der Waals surface area contributed by atoms with Crippen molar-refractivity contribution in [2.45, 2.75) is 5.75 Å². The minimum Gasteiger partial charge on any atom is -0.506 e. The number of pyridine rings is 1. The maximum Gasteiger partial charge on any atom is 0.141 e. The van der Waals surface area contributed by atoms with Crippen molar-refractivity contribution in [2.24, 2.45) is 0 Å². The first-order valence-corrected chi connectivity index (χ1v) is 6.87. The Kier molecular flexibility index (Phi) is 4.42. The Balaban J connectivity index is 2.22. The fraction of sp³-hybridized carbons (Fsp3) is 0.0625. The van der Waals surface area contributed by atoms with Crippen LogP contribution in [0.15, 0.2) is 66.8 Å². The summed E-state index contributed by atoms with van der Waals surface area (Å²) in [4.78, 5) is 5.19. The SMILES string of the molecule is C=C/C=C\C(=C)SCc1ccc(O)c2ncccc12. The van der Waals surface area contributed by atoms with Crippen LogP contribution in [0.2, 0.25) is 0 Å². The van der Waals surface area contributed by atoms with E-state index in [0.717, 1.165) is 21.6 Å². The van der Waals surface area contributed by atoms with Gasteiger partial charge in [-0.1, -0.05) is 37.4 Å². The molecule has 2 rings (SSSR count). The molecule has 1 heterocycles. The van der Waals surface area contributed by atoms with Crippen molar-refractivity contribution in [1.82, 2.24) is 4.98 Å². The lowest BCUT2D eigenvalue weighted by atomic mass is 10.1. The van der Waals surface area contributed by atoms with Crippen LogP contribution in [0.3, 0.4) is 0 Å². The number of benzene rings is 1. The maximum absolute atomic E-state index is 9.78. The van der Waals surface area contributed by atoms with Crippen molar-refractivity contribution >= 4 is 22.7 Å². The highest BCUT2D eigenvalue weighted by Gasteiger charge is 2.06. The van der Waals surface area contributed by atoms with Crippen molar-refractivity contribution in [3.05, 3.63) is 72.3 Å². The van der Waals surface area contributed by atoms with Gasteiger partial charge in [0.15, 0.2) is 0 Å². The molecule has 0 fully saturated rings. The molecular formula is C16H15NOS. The second-order valence-corrected chi connectivity index (χ2v) is 5.09. The molecular weight excluding hydrogens is 254 g/mol. The molecule has 0 spiro atoms. The number of thioether (sulfide) groups is 1. The van der Waals surface area contributed by atoms with E-state index in [2.05, 4.69) is 18.1 Å². The normalized spacial score (nSPS) is 10.9. The highest BCUT2D eigenvalue weighted by atomic mass is 32.2. The molecule has 2 nitrogen and oxygen atoms in total. The number of fused-ring (bicyclic) bond motifs is 1. The topological polar surface area (TPSA) is 33.1 Å². The second kappa shape index (κ2) is 6.25. The number of aromatic nitrogens is 1. The predicted octanol–water partition coefficient (Wildman–Crippen LogP) is 4.43. The summed E-state index contributed by atoms with van der Waals surface area (Å²) < 4.78 is 0. The summed E-state index contributed by atoms with van der Waals surface area (Å²) in [6.45, 7) is 7.60. The number of hydrogen-bond donors (Lipinski definition) is 1. The predicted molar refractivity (Wildman–Crippen MR) is 83.2 cm³/mol. The van der Waals surface area contributed by atoms with Crippen molar-refractivity contribution < 1.29 is 5.11 Å². The first-order valence-electron chi connectivity index (χ1n) is 5.88. The van der Waals surface area contributed by atoms with Crippen LogP contribution in [0, 0.1) is 0 Å². The van der Waals surface area contributed by atoms with E-state index in [9.17, 15) is 5.11 Å². The lowest BCUT2D eigenvalue weighted by molar-refractivity contribution is 0.480. The van der Waals surface area contributed by atoms with Crippen molar-refractivity contribution in [3.63, 3.8) is 0 Å². The number of allylic oxidation sites excluding steroid dienone is 3. The Morgan fingerprint density at radius 2 is 2.21 bits per heavy atom. The van der Waals surface area contributed by atoms with Crippen molar-refractivity contribution in [3.8, 4) is 5.75 Å². The minimum atomic E-state index is 0.217. The molecule has 1 N–H and O–H groups in total. The van der Waals surface area contributed by atoms with Crippen molar-refractivity contribution in [2.75, 3.05) is 0 Å². The van der Waals surface area contributed by atoms with Gasteiger partial charge in [-0.15, -0.1) is 11.8 Å². The van der Waals surface area contributed by atoms with Gasteiger partial charge in [0.1, 0.15) is 11.3 Å². The van der Waals surface area contributed by atoms with E-state index in [-0.39, 0.29) is 5.75 Å². The molecule has 0 saturated heterocycles. The number of nitrogens with zero attached hydrogens (tertiary/aromatic N) is 1. The van der Waals surface area contributed by atoms with Gasteiger partial charge in [0, 0.05) is 22.2 Å². The van der Waals surface area contributed by atoms with Crippen LogP contribution in [-0.2, 0) is 5.75 Å². The molecule has 0 atom stereocenters. The van der Waals surface area contributed by atoms with E-state index < -0.39 is 0 Å². The van der Waals surface area contributed by atoms with Crippen LogP contribution in [-0.4, -0.2) is 10.1 Å². The van der Waals surface area contributed by atoms with Gasteiger partial charge in [-0.05, 0) is 23.8 Å². The third kappa shape index (κ3) is 3.26. The average Bonchev–Trinajstić information content (AvgIpc) is 2.45. The van der Waals surface area contributed by atoms with E-state index in [0.29, 0.717) is 5.52 Å². The zero-order valence-electron chi connectivity index (χ0n) is 10.5. The molecule has 0 bridgehead atoms. The van der Waals surface area contributed by atoms with Crippen LogP contribution >= 0.6 is 11.8 Å². The zero-order valence-corrected chi connectivity index (χ0v) is 11.4. The summed E-state index contributed by atoms with van der Waals surface area (Å²) in [5, 5.41) is 10.8. The molecule has 3 heteroatoms. The zero-order chi connectivity index (χ0) is 13.7. The van der Waals surface area contributed by atoms with Crippen LogP contribution in [0.4, 0.5) is 0 Å². The first-order chi connectivity index (χ1) is 9.22. The Morgan fingerprint density at radius 1 is 1.37 bits per heavy atom. The van der Waals surface area contributed by atoms with Gasteiger partial charge in [-0.2, -0.15) is 0 Å². The van der Waals surface area contributed by atoms with E-state index in [1.165, 1.54) is 0 Å². The largest absolute Gasteiger partial charge is 0.506 e. The molecule has 19 heavy (non-hydrogen) atoms. The molecule has 1 aromatic carbocycles. The second-order valence-electron chi connectivity index (χ2n) is 3.99. The molecule has 0 amide bonds. The summed E-state index contributed by atoms with van der Waals surface area (Å²) >= 11 is 1.65. The van der Waals surface area contributed by atoms with Gasteiger partial charge >= 0.3 is 0 Å². The van der Waals surface area contributed by atoms with Gasteiger partial charge in [0.05, 0.1) is 0 Å². The highest BCUT2D eigenvalue weighted by molar-refractivity contribution is 8.02. The standard InChI is InChI=1S/C16H15NOS/c1-3-4-6-12(2)19-11-13-8-9-15(18)16-14(13)7-5-10-17-16/h3-10,18H,1-2,11H2/b6-4-. The van der Waals surface area contributed by atoms with Gasteiger partial charge in [0.25, 0.3) is 0 Å². The lowest BCUT2D eigenvalue weighted by Gasteiger charge is -2.07. The molecule has 0 saturated carbocycles. The smallest absolute Gasteiger partial charge is 0.141 e. The number of aromatic hydroxyl groups is 1. The summed E-state index contributed by atoms with van der Waals surface area (Å²) in [5.41, 5.74) is 1.78. The molecule has 0 aliphatic rings. The highest BCUT2D eigenvalue weighted by Crippen LogP contribution is 2.29. The van der Waals surface area contributed by atoms with Crippen LogP contribution < -0.4 is 0 Å². The Bertz CT molecular complexity index is 646. The average molecular weight is 269 g/mol. The van der Waals surface area contributed by atoms with Crippen LogP contribution in [0.5, 0.6) is 5.75 Å². The summed E-state index contributed by atoms with van der Waals surface area (Å²) in [5.74, 6) is 1.01. The molecule has 0 aliphatic heterocycles. The van der Waals surface area contributed by atoms with Gasteiger partial charge in [0.2, 0.25) is 0 Å². The molecule has 2 aromatic rings. The third-order valence-corrected chi connectivity index (χ3v) is 3.63.